The van der Waals surface area contributed by atoms with Gasteiger partial charge in [0.1, 0.15) is 10.8 Å². The molecule has 0 radical (unpaired) electrons. The van der Waals surface area contributed by atoms with Crippen molar-refractivity contribution in [2.24, 2.45) is 5.73 Å². The van der Waals surface area contributed by atoms with Crippen LogP contribution in [0.1, 0.15) is 11.1 Å². The van der Waals surface area contributed by atoms with Gasteiger partial charge in [-0.3, -0.25) is 0 Å². The molecule has 2 rings (SSSR count). The summed E-state index contributed by atoms with van der Waals surface area (Å²) in [7, 11) is 0. The number of hydrogen-bond donors (Lipinski definition) is 2. The topological polar surface area (TPSA) is 50.9 Å². The second kappa shape index (κ2) is 5.86. The van der Waals surface area contributed by atoms with Gasteiger partial charge in [-0.05, 0) is 52.7 Å². The Labute approximate surface area is 130 Å². The summed E-state index contributed by atoms with van der Waals surface area (Å²) in [6.07, 6.45) is 1.71. The molecule has 0 fully saturated rings. The van der Waals surface area contributed by atoms with Crippen LogP contribution in [0, 0.1) is 6.92 Å². The first-order valence-corrected chi connectivity index (χ1v) is 7.04. The van der Waals surface area contributed by atoms with Crippen molar-refractivity contribution in [2.45, 2.75) is 6.92 Å². The zero-order valence-electron chi connectivity index (χ0n) is 10.1. The molecule has 19 heavy (non-hydrogen) atoms. The van der Waals surface area contributed by atoms with E-state index in [1.54, 1.807) is 18.3 Å². The number of benzene rings is 1. The molecule has 0 spiro atoms. The Morgan fingerprint density at radius 1 is 1.42 bits per heavy atom. The highest BCUT2D eigenvalue weighted by molar-refractivity contribution is 9.10. The van der Waals surface area contributed by atoms with E-state index in [0.29, 0.717) is 15.8 Å². The number of nitrogens with two attached hydrogens (primary N) is 1. The van der Waals surface area contributed by atoms with Gasteiger partial charge in [0.15, 0.2) is 0 Å². The van der Waals surface area contributed by atoms with E-state index in [9.17, 15) is 0 Å². The number of pyridine rings is 1. The molecule has 0 saturated carbocycles. The molecule has 0 saturated heterocycles. The predicted molar refractivity (Wildman–Crippen MR) is 87.3 cm³/mol. The summed E-state index contributed by atoms with van der Waals surface area (Å²) in [6, 6.07) is 7.33. The molecule has 1 aromatic carbocycles. The Morgan fingerprint density at radius 3 is 2.84 bits per heavy atom. The summed E-state index contributed by atoms with van der Waals surface area (Å²) in [6.45, 7) is 1.94. The van der Waals surface area contributed by atoms with Gasteiger partial charge in [-0.2, -0.15) is 0 Å². The van der Waals surface area contributed by atoms with Gasteiger partial charge in [-0.25, -0.2) is 4.98 Å². The molecule has 2 aromatic rings. The van der Waals surface area contributed by atoms with Gasteiger partial charge >= 0.3 is 0 Å². The van der Waals surface area contributed by atoms with Gasteiger partial charge < -0.3 is 11.1 Å². The van der Waals surface area contributed by atoms with Crippen LogP contribution in [0.15, 0.2) is 34.9 Å². The average Bonchev–Trinajstić information content (AvgIpc) is 2.33. The van der Waals surface area contributed by atoms with E-state index in [4.69, 9.17) is 29.6 Å². The summed E-state index contributed by atoms with van der Waals surface area (Å²) in [5.41, 5.74) is 8.27. The number of hydrogen-bond acceptors (Lipinski definition) is 3. The first kappa shape index (κ1) is 14.2. The van der Waals surface area contributed by atoms with Crippen molar-refractivity contribution < 1.29 is 0 Å². The largest absolute Gasteiger partial charge is 0.389 e. The summed E-state index contributed by atoms with van der Waals surface area (Å²) in [5.74, 6) is 0.621. The molecule has 1 heterocycles. The second-order valence-corrected chi connectivity index (χ2v) is 5.70. The third-order valence-electron chi connectivity index (χ3n) is 2.59. The predicted octanol–water partition coefficient (Wildman–Crippen LogP) is 4.18. The lowest BCUT2D eigenvalue weighted by Crippen LogP contribution is -2.14. The van der Waals surface area contributed by atoms with E-state index in [-0.39, 0.29) is 0 Å². The molecule has 0 unspecified atom stereocenters. The maximum Gasteiger partial charge on any atom is 0.140 e. The monoisotopic (exact) mass is 355 g/mol. The number of aromatic nitrogens is 1. The highest BCUT2D eigenvalue weighted by Crippen LogP contribution is 2.29. The smallest absolute Gasteiger partial charge is 0.140 e. The van der Waals surface area contributed by atoms with Crippen LogP contribution in [0.25, 0.3) is 0 Å². The minimum absolute atomic E-state index is 0.311. The van der Waals surface area contributed by atoms with Crippen LogP contribution in [-0.2, 0) is 0 Å². The van der Waals surface area contributed by atoms with E-state index in [0.717, 1.165) is 21.3 Å². The van der Waals surface area contributed by atoms with Gasteiger partial charge in [-0.15, -0.1) is 0 Å². The quantitative estimate of drug-likeness (QED) is 0.810. The lowest BCUT2D eigenvalue weighted by molar-refractivity contribution is 1.26. The summed E-state index contributed by atoms with van der Waals surface area (Å²) >= 11 is 14.5. The molecular weight excluding hydrogens is 346 g/mol. The Balaban J connectivity index is 2.46. The fraction of sp³-hybridized carbons (Fsp3) is 0.0769. The number of aryl methyl sites for hydroxylation is 1. The number of nitrogens with one attached hydrogen (secondary N) is 1. The van der Waals surface area contributed by atoms with Crippen molar-refractivity contribution in [2.75, 3.05) is 5.32 Å². The van der Waals surface area contributed by atoms with Gasteiger partial charge in [0.2, 0.25) is 0 Å². The standard InChI is InChI=1S/C13H11BrClN3S/c1-7-4-5-17-13(11(7)12(16)19)18-10-6-8(15)2-3-9(10)14/h2-6H,1H3,(H2,16,19)(H,17,18). The zero-order valence-corrected chi connectivity index (χ0v) is 13.2. The maximum absolute atomic E-state index is 5.98. The molecule has 3 N–H and O–H groups in total. The van der Waals surface area contributed by atoms with Gasteiger partial charge in [0, 0.05) is 15.7 Å². The molecule has 0 aliphatic heterocycles. The molecule has 3 nitrogen and oxygen atoms in total. The molecule has 98 valence electrons. The Bertz CT molecular complexity index is 646. The molecule has 0 atom stereocenters. The normalized spacial score (nSPS) is 10.3. The molecule has 0 aliphatic rings. The van der Waals surface area contributed by atoms with Crippen LogP contribution in [0.3, 0.4) is 0 Å². The minimum atomic E-state index is 0.311. The number of anilines is 2. The van der Waals surface area contributed by atoms with Crippen molar-refractivity contribution in [3.05, 3.63) is 51.1 Å². The van der Waals surface area contributed by atoms with E-state index < -0.39 is 0 Å². The van der Waals surface area contributed by atoms with Crippen LogP contribution in [-0.4, -0.2) is 9.97 Å². The number of halogens is 2. The molecule has 0 aliphatic carbocycles. The lowest BCUT2D eigenvalue weighted by atomic mass is 10.1. The summed E-state index contributed by atoms with van der Waals surface area (Å²) in [5, 5.41) is 3.83. The number of thiocarbonyl (C=S) groups is 1. The van der Waals surface area contributed by atoms with Crippen molar-refractivity contribution in [3.63, 3.8) is 0 Å². The van der Waals surface area contributed by atoms with Crippen molar-refractivity contribution in [1.82, 2.24) is 4.98 Å². The van der Waals surface area contributed by atoms with Crippen molar-refractivity contribution in [1.29, 1.82) is 0 Å². The SMILES string of the molecule is Cc1ccnc(Nc2cc(Cl)ccc2Br)c1C(N)=S. The van der Waals surface area contributed by atoms with E-state index in [1.165, 1.54) is 0 Å². The highest BCUT2D eigenvalue weighted by atomic mass is 79.9. The molecule has 6 heteroatoms. The highest BCUT2D eigenvalue weighted by Gasteiger charge is 2.11. The minimum Gasteiger partial charge on any atom is -0.389 e. The van der Waals surface area contributed by atoms with Crippen molar-refractivity contribution >= 4 is 56.2 Å². The van der Waals surface area contributed by atoms with Gasteiger partial charge in [0.25, 0.3) is 0 Å². The van der Waals surface area contributed by atoms with E-state index in [2.05, 4.69) is 26.2 Å². The Hall–Kier alpha value is -1.17. The van der Waals surface area contributed by atoms with Gasteiger partial charge in [-0.1, -0.05) is 23.8 Å². The van der Waals surface area contributed by atoms with Crippen LogP contribution < -0.4 is 11.1 Å². The maximum atomic E-state index is 5.98. The first-order chi connectivity index (χ1) is 8.99. The number of nitrogens with zero attached hydrogens (tertiary/aromatic N) is 1. The molecule has 0 bridgehead atoms. The summed E-state index contributed by atoms with van der Waals surface area (Å²) < 4.78 is 0.883. The Morgan fingerprint density at radius 2 is 2.16 bits per heavy atom. The fourth-order valence-corrected chi connectivity index (χ4v) is 2.46. The Kier molecular flexibility index (Phi) is 4.39. The number of rotatable bonds is 3. The first-order valence-electron chi connectivity index (χ1n) is 5.46. The third-order valence-corrected chi connectivity index (χ3v) is 3.72. The van der Waals surface area contributed by atoms with Crippen LogP contribution in [0.4, 0.5) is 11.5 Å². The molecule has 0 amide bonds. The summed E-state index contributed by atoms with van der Waals surface area (Å²) in [4.78, 5) is 4.60. The van der Waals surface area contributed by atoms with Crippen LogP contribution in [0.5, 0.6) is 0 Å². The zero-order chi connectivity index (χ0) is 14.0. The second-order valence-electron chi connectivity index (χ2n) is 3.96. The van der Waals surface area contributed by atoms with Crippen molar-refractivity contribution in [3.8, 4) is 0 Å². The van der Waals surface area contributed by atoms with Crippen LogP contribution >= 0.6 is 39.7 Å². The lowest BCUT2D eigenvalue weighted by Gasteiger charge is -2.13. The fourth-order valence-electron chi connectivity index (χ4n) is 1.68. The van der Waals surface area contributed by atoms with E-state index >= 15 is 0 Å². The third kappa shape index (κ3) is 3.23. The molecular formula is C13H11BrClN3S. The van der Waals surface area contributed by atoms with Crippen LogP contribution in [0.2, 0.25) is 5.02 Å². The average molecular weight is 357 g/mol. The van der Waals surface area contributed by atoms with E-state index in [1.807, 2.05) is 19.1 Å². The van der Waals surface area contributed by atoms with Gasteiger partial charge in [0.05, 0.1) is 11.3 Å². The molecule has 1 aromatic heterocycles.